The zero-order chi connectivity index (χ0) is 11.5. The minimum absolute atomic E-state index is 0.115. The van der Waals surface area contributed by atoms with Gasteiger partial charge in [-0.1, -0.05) is 13.8 Å². The molecule has 1 atom stereocenters. The molecule has 0 aliphatic heterocycles. The van der Waals surface area contributed by atoms with Crippen LogP contribution in [0.2, 0.25) is 0 Å². The van der Waals surface area contributed by atoms with Crippen molar-refractivity contribution in [3.05, 3.63) is 0 Å². The summed E-state index contributed by atoms with van der Waals surface area (Å²) in [6.07, 6.45) is 3.25. The third-order valence-electron chi connectivity index (χ3n) is 3.69. The molecule has 1 saturated carbocycles. The molecule has 0 aromatic rings. The van der Waals surface area contributed by atoms with Gasteiger partial charge in [-0.3, -0.25) is 4.79 Å². The molecule has 1 rings (SSSR count). The van der Waals surface area contributed by atoms with Crippen molar-refractivity contribution in [1.29, 1.82) is 0 Å². The second kappa shape index (κ2) is 4.97. The van der Waals surface area contributed by atoms with Crippen molar-refractivity contribution in [2.75, 3.05) is 13.6 Å². The maximum atomic E-state index is 11.1. The Labute approximate surface area is 93.0 Å². The van der Waals surface area contributed by atoms with Gasteiger partial charge in [0.15, 0.2) is 0 Å². The van der Waals surface area contributed by atoms with Crippen LogP contribution in [0.4, 0.5) is 0 Å². The van der Waals surface area contributed by atoms with Crippen molar-refractivity contribution < 1.29 is 4.79 Å². The van der Waals surface area contributed by atoms with Crippen molar-refractivity contribution in [1.82, 2.24) is 10.6 Å². The average molecular weight is 212 g/mol. The van der Waals surface area contributed by atoms with Gasteiger partial charge in [0.1, 0.15) is 0 Å². The van der Waals surface area contributed by atoms with E-state index in [0.29, 0.717) is 11.8 Å². The van der Waals surface area contributed by atoms with Crippen LogP contribution in [0.1, 0.15) is 40.0 Å². The van der Waals surface area contributed by atoms with Gasteiger partial charge in [0, 0.05) is 26.1 Å². The summed E-state index contributed by atoms with van der Waals surface area (Å²) in [7, 11) is 1.69. The average Bonchev–Trinajstić information content (AvgIpc) is 2.95. The molecular weight excluding hydrogens is 188 g/mol. The molecule has 1 aliphatic carbocycles. The number of nitrogens with one attached hydrogen (secondary N) is 2. The first kappa shape index (κ1) is 12.5. The summed E-state index contributed by atoms with van der Waals surface area (Å²) in [4.78, 5) is 11.1. The fourth-order valence-corrected chi connectivity index (χ4v) is 1.95. The van der Waals surface area contributed by atoms with Crippen LogP contribution in [-0.2, 0) is 4.79 Å². The molecule has 0 aromatic carbocycles. The van der Waals surface area contributed by atoms with E-state index < -0.39 is 0 Å². The monoisotopic (exact) mass is 212 g/mol. The number of hydrogen-bond acceptors (Lipinski definition) is 2. The Morgan fingerprint density at radius 3 is 2.33 bits per heavy atom. The Balaban J connectivity index is 2.22. The summed E-state index contributed by atoms with van der Waals surface area (Å²) in [5.74, 6) is 0.863. The van der Waals surface area contributed by atoms with E-state index in [0.717, 1.165) is 12.5 Å². The number of amides is 1. The van der Waals surface area contributed by atoms with E-state index in [2.05, 4.69) is 31.4 Å². The van der Waals surface area contributed by atoms with Gasteiger partial charge >= 0.3 is 0 Å². The van der Waals surface area contributed by atoms with Gasteiger partial charge in [-0.2, -0.15) is 0 Å². The molecule has 0 saturated heterocycles. The van der Waals surface area contributed by atoms with Gasteiger partial charge in [0.25, 0.3) is 0 Å². The maximum Gasteiger partial charge on any atom is 0.221 e. The lowest BCUT2D eigenvalue weighted by atomic mass is 9.92. The fourth-order valence-electron chi connectivity index (χ4n) is 1.95. The highest BCUT2D eigenvalue weighted by atomic mass is 16.1. The molecule has 3 nitrogen and oxygen atoms in total. The van der Waals surface area contributed by atoms with Crippen molar-refractivity contribution in [2.45, 2.75) is 46.1 Å². The van der Waals surface area contributed by atoms with Crippen LogP contribution in [0.3, 0.4) is 0 Å². The number of carbonyl (C=O) groups excluding carboxylic acids is 1. The van der Waals surface area contributed by atoms with Crippen molar-refractivity contribution >= 4 is 5.91 Å². The standard InChI is InChI=1S/C12H24N2O/c1-9(2)12(5-6-12)8-14-10(3)7-11(15)13-4/h9-10,14H,5-8H2,1-4H3,(H,13,15). The van der Waals surface area contributed by atoms with Crippen LogP contribution < -0.4 is 10.6 Å². The van der Waals surface area contributed by atoms with E-state index in [4.69, 9.17) is 0 Å². The largest absolute Gasteiger partial charge is 0.359 e. The van der Waals surface area contributed by atoms with Gasteiger partial charge < -0.3 is 10.6 Å². The highest BCUT2D eigenvalue weighted by Crippen LogP contribution is 2.51. The van der Waals surface area contributed by atoms with Crippen LogP contribution in [0.5, 0.6) is 0 Å². The lowest BCUT2D eigenvalue weighted by Crippen LogP contribution is -2.37. The topological polar surface area (TPSA) is 41.1 Å². The number of carbonyl (C=O) groups is 1. The van der Waals surface area contributed by atoms with Crippen LogP contribution in [0.25, 0.3) is 0 Å². The minimum atomic E-state index is 0.115. The summed E-state index contributed by atoms with van der Waals surface area (Å²) in [6.45, 7) is 7.71. The Morgan fingerprint density at radius 2 is 1.93 bits per heavy atom. The SMILES string of the molecule is CNC(=O)CC(C)NCC1(C(C)C)CC1. The minimum Gasteiger partial charge on any atom is -0.359 e. The Kier molecular flexibility index (Phi) is 4.14. The third-order valence-corrected chi connectivity index (χ3v) is 3.69. The Hall–Kier alpha value is -0.570. The molecule has 1 amide bonds. The first-order chi connectivity index (χ1) is 7.00. The molecule has 2 N–H and O–H groups in total. The van der Waals surface area contributed by atoms with Gasteiger partial charge in [0.05, 0.1) is 0 Å². The van der Waals surface area contributed by atoms with Gasteiger partial charge in [0.2, 0.25) is 5.91 Å². The predicted octanol–water partition coefficient (Wildman–Crippen LogP) is 1.54. The van der Waals surface area contributed by atoms with Crippen molar-refractivity contribution in [3.8, 4) is 0 Å². The molecule has 15 heavy (non-hydrogen) atoms. The Morgan fingerprint density at radius 1 is 1.33 bits per heavy atom. The van der Waals surface area contributed by atoms with E-state index >= 15 is 0 Å². The van der Waals surface area contributed by atoms with Crippen molar-refractivity contribution in [2.24, 2.45) is 11.3 Å². The summed E-state index contributed by atoms with van der Waals surface area (Å²) in [5.41, 5.74) is 0.525. The van der Waals surface area contributed by atoms with Crippen LogP contribution in [0.15, 0.2) is 0 Å². The highest BCUT2D eigenvalue weighted by molar-refractivity contribution is 5.76. The molecule has 0 spiro atoms. The second-order valence-corrected chi connectivity index (χ2v) is 5.18. The highest BCUT2D eigenvalue weighted by Gasteiger charge is 2.44. The molecule has 0 radical (unpaired) electrons. The van der Waals surface area contributed by atoms with Gasteiger partial charge in [-0.05, 0) is 31.1 Å². The molecule has 1 fully saturated rings. The maximum absolute atomic E-state index is 11.1. The first-order valence-corrected chi connectivity index (χ1v) is 5.94. The van der Waals surface area contributed by atoms with E-state index in [1.165, 1.54) is 12.8 Å². The third kappa shape index (κ3) is 3.49. The Bertz CT molecular complexity index is 222. The molecule has 0 bridgehead atoms. The smallest absolute Gasteiger partial charge is 0.221 e. The lowest BCUT2D eigenvalue weighted by molar-refractivity contribution is -0.121. The molecule has 1 unspecified atom stereocenters. The lowest BCUT2D eigenvalue weighted by Gasteiger charge is -2.22. The predicted molar refractivity (Wildman–Crippen MR) is 62.7 cm³/mol. The quantitative estimate of drug-likeness (QED) is 0.701. The summed E-state index contributed by atoms with van der Waals surface area (Å²) in [5, 5.41) is 6.12. The number of rotatable bonds is 6. The summed E-state index contributed by atoms with van der Waals surface area (Å²) >= 11 is 0. The summed E-state index contributed by atoms with van der Waals surface area (Å²) < 4.78 is 0. The molecule has 1 aliphatic rings. The van der Waals surface area contributed by atoms with Crippen molar-refractivity contribution in [3.63, 3.8) is 0 Å². The molecule has 0 heterocycles. The van der Waals surface area contributed by atoms with E-state index in [1.807, 2.05) is 0 Å². The first-order valence-electron chi connectivity index (χ1n) is 5.94. The molecule has 88 valence electrons. The molecule has 0 aromatic heterocycles. The zero-order valence-corrected chi connectivity index (χ0v) is 10.4. The normalized spacial score (nSPS) is 20.1. The van der Waals surface area contributed by atoms with Crippen LogP contribution in [-0.4, -0.2) is 25.5 Å². The summed E-state index contributed by atoms with van der Waals surface area (Å²) in [6, 6.07) is 0.279. The van der Waals surface area contributed by atoms with Gasteiger partial charge in [-0.25, -0.2) is 0 Å². The second-order valence-electron chi connectivity index (χ2n) is 5.18. The molecule has 3 heteroatoms. The fraction of sp³-hybridized carbons (Fsp3) is 0.917. The van der Waals surface area contributed by atoms with E-state index in [-0.39, 0.29) is 11.9 Å². The van der Waals surface area contributed by atoms with Crippen LogP contribution in [0, 0.1) is 11.3 Å². The van der Waals surface area contributed by atoms with E-state index in [9.17, 15) is 4.79 Å². The zero-order valence-electron chi connectivity index (χ0n) is 10.4. The van der Waals surface area contributed by atoms with E-state index in [1.54, 1.807) is 7.05 Å². The van der Waals surface area contributed by atoms with Crippen LogP contribution >= 0.6 is 0 Å². The molecular formula is C12H24N2O. The number of hydrogen-bond donors (Lipinski definition) is 2. The van der Waals surface area contributed by atoms with Gasteiger partial charge in [-0.15, -0.1) is 0 Å².